The van der Waals surface area contributed by atoms with Crippen LogP contribution in [-0.4, -0.2) is 12.0 Å². The van der Waals surface area contributed by atoms with E-state index in [0.29, 0.717) is 12.2 Å². The lowest BCUT2D eigenvalue weighted by atomic mass is 10.3. The summed E-state index contributed by atoms with van der Waals surface area (Å²) in [5.74, 6) is 1.68. The first-order valence-electron chi connectivity index (χ1n) is 5.13. The normalized spacial score (nSPS) is 10.4. The predicted molar refractivity (Wildman–Crippen MR) is 64.2 cm³/mol. The Kier molecular flexibility index (Phi) is 2.81. The molecule has 0 spiro atoms. The van der Waals surface area contributed by atoms with Crippen LogP contribution in [-0.2, 0) is 6.54 Å². The fourth-order valence-electron chi connectivity index (χ4n) is 1.57. The summed E-state index contributed by atoms with van der Waals surface area (Å²) in [4.78, 5) is 6.39. The standard InChI is InChI=1S/C12H15N3O/c1-9-5-6-11(13)12(14-9)15(2)8-10-4-3-7-16-10/h3-7H,8,13H2,1-2H3. The molecule has 4 heteroatoms. The number of aromatic nitrogens is 1. The van der Waals surface area contributed by atoms with E-state index in [1.165, 1.54) is 0 Å². The number of rotatable bonds is 3. The van der Waals surface area contributed by atoms with Gasteiger partial charge in [-0.05, 0) is 31.2 Å². The number of aryl methyl sites for hydroxylation is 1. The van der Waals surface area contributed by atoms with Crippen molar-refractivity contribution in [2.24, 2.45) is 0 Å². The summed E-state index contributed by atoms with van der Waals surface area (Å²) < 4.78 is 5.29. The highest BCUT2D eigenvalue weighted by molar-refractivity contribution is 5.62. The van der Waals surface area contributed by atoms with E-state index in [0.717, 1.165) is 17.3 Å². The quantitative estimate of drug-likeness (QED) is 0.856. The number of anilines is 2. The van der Waals surface area contributed by atoms with E-state index in [-0.39, 0.29) is 0 Å². The van der Waals surface area contributed by atoms with Crippen LogP contribution in [0.15, 0.2) is 34.9 Å². The zero-order chi connectivity index (χ0) is 11.5. The second-order valence-corrected chi connectivity index (χ2v) is 3.80. The third-order valence-electron chi connectivity index (χ3n) is 2.38. The Morgan fingerprint density at radius 3 is 2.88 bits per heavy atom. The summed E-state index contributed by atoms with van der Waals surface area (Å²) >= 11 is 0. The molecule has 2 N–H and O–H groups in total. The Balaban J connectivity index is 2.20. The lowest BCUT2D eigenvalue weighted by Crippen LogP contribution is -2.19. The number of nitrogen functional groups attached to an aromatic ring is 1. The third-order valence-corrected chi connectivity index (χ3v) is 2.38. The Morgan fingerprint density at radius 1 is 1.38 bits per heavy atom. The van der Waals surface area contributed by atoms with E-state index in [1.807, 2.05) is 43.1 Å². The number of furan rings is 1. The SMILES string of the molecule is Cc1ccc(N)c(N(C)Cc2ccco2)n1. The number of hydrogen-bond acceptors (Lipinski definition) is 4. The largest absolute Gasteiger partial charge is 0.467 e. The van der Waals surface area contributed by atoms with Gasteiger partial charge in [0.1, 0.15) is 5.76 Å². The second kappa shape index (κ2) is 4.26. The van der Waals surface area contributed by atoms with Gasteiger partial charge in [-0.15, -0.1) is 0 Å². The smallest absolute Gasteiger partial charge is 0.152 e. The molecular formula is C12H15N3O. The van der Waals surface area contributed by atoms with Gasteiger partial charge in [0.15, 0.2) is 5.82 Å². The van der Waals surface area contributed by atoms with Crippen molar-refractivity contribution in [1.29, 1.82) is 0 Å². The molecule has 0 aliphatic heterocycles. The molecular weight excluding hydrogens is 202 g/mol. The number of nitrogens with zero attached hydrogens (tertiary/aromatic N) is 2. The highest BCUT2D eigenvalue weighted by atomic mass is 16.3. The Labute approximate surface area is 94.7 Å². The maximum atomic E-state index is 5.88. The van der Waals surface area contributed by atoms with Crippen LogP contribution in [0.25, 0.3) is 0 Å². The third kappa shape index (κ3) is 2.16. The second-order valence-electron chi connectivity index (χ2n) is 3.80. The van der Waals surface area contributed by atoms with Crippen LogP contribution in [0.2, 0.25) is 0 Å². The molecule has 2 heterocycles. The number of nitrogens with two attached hydrogens (primary N) is 1. The molecule has 84 valence electrons. The van der Waals surface area contributed by atoms with Crippen LogP contribution >= 0.6 is 0 Å². The van der Waals surface area contributed by atoms with Crippen molar-refractivity contribution in [1.82, 2.24) is 4.98 Å². The Morgan fingerprint density at radius 2 is 2.19 bits per heavy atom. The lowest BCUT2D eigenvalue weighted by molar-refractivity contribution is 0.507. The van der Waals surface area contributed by atoms with Crippen LogP contribution in [0, 0.1) is 6.92 Å². The minimum Gasteiger partial charge on any atom is -0.467 e. The summed E-state index contributed by atoms with van der Waals surface area (Å²) in [6.45, 7) is 2.61. The van der Waals surface area contributed by atoms with Crippen molar-refractivity contribution in [2.45, 2.75) is 13.5 Å². The van der Waals surface area contributed by atoms with E-state index in [9.17, 15) is 0 Å². The predicted octanol–water partition coefficient (Wildman–Crippen LogP) is 2.20. The summed E-state index contributed by atoms with van der Waals surface area (Å²) in [5.41, 5.74) is 7.52. The topological polar surface area (TPSA) is 55.3 Å². The van der Waals surface area contributed by atoms with Gasteiger partial charge in [0.25, 0.3) is 0 Å². The summed E-state index contributed by atoms with van der Waals surface area (Å²) in [6, 6.07) is 7.58. The molecule has 0 aromatic carbocycles. The molecule has 0 bridgehead atoms. The van der Waals surface area contributed by atoms with Crippen molar-refractivity contribution >= 4 is 11.5 Å². The fourth-order valence-corrected chi connectivity index (χ4v) is 1.57. The Bertz CT molecular complexity index is 465. The molecule has 0 saturated carbocycles. The minimum atomic E-state index is 0.660. The van der Waals surface area contributed by atoms with Gasteiger partial charge < -0.3 is 15.1 Å². The molecule has 0 amide bonds. The first-order chi connectivity index (χ1) is 7.66. The molecule has 0 aliphatic rings. The van der Waals surface area contributed by atoms with E-state index in [4.69, 9.17) is 10.2 Å². The number of pyridine rings is 1. The van der Waals surface area contributed by atoms with Crippen molar-refractivity contribution in [2.75, 3.05) is 17.7 Å². The first-order valence-corrected chi connectivity index (χ1v) is 5.13. The molecule has 4 nitrogen and oxygen atoms in total. The van der Waals surface area contributed by atoms with E-state index in [1.54, 1.807) is 6.26 Å². The monoisotopic (exact) mass is 217 g/mol. The highest BCUT2D eigenvalue weighted by Crippen LogP contribution is 2.21. The summed E-state index contributed by atoms with van der Waals surface area (Å²) in [6.07, 6.45) is 1.66. The molecule has 16 heavy (non-hydrogen) atoms. The Hall–Kier alpha value is -1.97. The summed E-state index contributed by atoms with van der Waals surface area (Å²) in [5, 5.41) is 0. The van der Waals surface area contributed by atoms with E-state index >= 15 is 0 Å². The van der Waals surface area contributed by atoms with Gasteiger partial charge in [-0.25, -0.2) is 4.98 Å². The number of hydrogen-bond donors (Lipinski definition) is 1. The summed E-state index contributed by atoms with van der Waals surface area (Å²) in [7, 11) is 1.95. The maximum Gasteiger partial charge on any atom is 0.152 e. The van der Waals surface area contributed by atoms with Gasteiger partial charge in [0, 0.05) is 12.7 Å². The van der Waals surface area contributed by atoms with Crippen LogP contribution in [0.1, 0.15) is 11.5 Å². The van der Waals surface area contributed by atoms with Gasteiger partial charge in [-0.3, -0.25) is 0 Å². The van der Waals surface area contributed by atoms with E-state index in [2.05, 4.69) is 4.98 Å². The average Bonchev–Trinajstić information content (AvgIpc) is 2.74. The van der Waals surface area contributed by atoms with E-state index < -0.39 is 0 Å². The lowest BCUT2D eigenvalue weighted by Gasteiger charge is -2.18. The van der Waals surface area contributed by atoms with Crippen molar-refractivity contribution < 1.29 is 4.42 Å². The van der Waals surface area contributed by atoms with Gasteiger partial charge in [0.05, 0.1) is 18.5 Å². The van der Waals surface area contributed by atoms with Crippen molar-refractivity contribution in [3.05, 3.63) is 42.0 Å². The van der Waals surface area contributed by atoms with Crippen LogP contribution in [0.3, 0.4) is 0 Å². The molecule has 0 fully saturated rings. The molecule has 2 rings (SSSR count). The minimum absolute atomic E-state index is 0.660. The van der Waals surface area contributed by atoms with Crippen molar-refractivity contribution in [3.63, 3.8) is 0 Å². The zero-order valence-electron chi connectivity index (χ0n) is 9.47. The first kappa shape index (κ1) is 10.5. The maximum absolute atomic E-state index is 5.88. The van der Waals surface area contributed by atoms with Crippen LogP contribution in [0.5, 0.6) is 0 Å². The highest BCUT2D eigenvalue weighted by Gasteiger charge is 2.09. The van der Waals surface area contributed by atoms with Gasteiger partial charge in [-0.2, -0.15) is 0 Å². The van der Waals surface area contributed by atoms with Gasteiger partial charge in [0.2, 0.25) is 0 Å². The molecule has 0 aliphatic carbocycles. The molecule has 2 aromatic rings. The molecule has 2 aromatic heterocycles. The van der Waals surface area contributed by atoms with Crippen LogP contribution in [0.4, 0.5) is 11.5 Å². The van der Waals surface area contributed by atoms with Crippen molar-refractivity contribution in [3.8, 4) is 0 Å². The fraction of sp³-hybridized carbons (Fsp3) is 0.250. The average molecular weight is 217 g/mol. The molecule has 0 radical (unpaired) electrons. The molecule has 0 atom stereocenters. The molecule has 0 unspecified atom stereocenters. The zero-order valence-corrected chi connectivity index (χ0v) is 9.47. The van der Waals surface area contributed by atoms with Gasteiger partial charge in [-0.1, -0.05) is 0 Å². The molecule has 0 saturated heterocycles. The van der Waals surface area contributed by atoms with Crippen LogP contribution < -0.4 is 10.6 Å². The van der Waals surface area contributed by atoms with Gasteiger partial charge >= 0.3 is 0 Å².